The van der Waals surface area contributed by atoms with E-state index in [0.29, 0.717) is 6.61 Å². The predicted molar refractivity (Wildman–Crippen MR) is 56.0 cm³/mol. The van der Waals surface area contributed by atoms with Crippen molar-refractivity contribution in [2.24, 2.45) is 0 Å². The summed E-state index contributed by atoms with van der Waals surface area (Å²) < 4.78 is 9.02. The van der Waals surface area contributed by atoms with Gasteiger partial charge in [0.05, 0.1) is 6.61 Å². The molecule has 0 rings (SSSR count). The first kappa shape index (κ1) is 17.0. The molecule has 0 heterocycles. The number of ketones is 1. The number of carbonyl (C=O) groups is 3. The van der Waals surface area contributed by atoms with Crippen LogP contribution in [0.1, 0.15) is 27.7 Å². The van der Waals surface area contributed by atoms with Gasteiger partial charge in [0.25, 0.3) is 0 Å². The van der Waals surface area contributed by atoms with Gasteiger partial charge in [-0.05, 0) is 20.8 Å². The third-order valence-corrected chi connectivity index (χ3v) is 1.33. The van der Waals surface area contributed by atoms with E-state index in [1.165, 1.54) is 13.8 Å². The molecule has 1 N–H and O–H groups in total. The van der Waals surface area contributed by atoms with Crippen molar-refractivity contribution in [2.75, 3.05) is 13.2 Å². The summed E-state index contributed by atoms with van der Waals surface area (Å²) >= 11 is 0. The zero-order chi connectivity index (χ0) is 13.1. The second-order valence-electron chi connectivity index (χ2n) is 2.71. The highest BCUT2D eigenvalue weighted by Gasteiger charge is 2.07. The zero-order valence-corrected chi connectivity index (χ0v) is 9.98. The van der Waals surface area contributed by atoms with Gasteiger partial charge in [-0.25, -0.2) is 9.59 Å². The van der Waals surface area contributed by atoms with E-state index in [1.54, 1.807) is 13.8 Å². The molecule has 0 aliphatic rings. The van der Waals surface area contributed by atoms with Crippen molar-refractivity contribution < 1.29 is 29.0 Å². The first-order valence-corrected chi connectivity index (χ1v) is 4.88. The van der Waals surface area contributed by atoms with Crippen LogP contribution >= 0.6 is 0 Å². The van der Waals surface area contributed by atoms with Gasteiger partial charge in [0, 0.05) is 13.5 Å². The largest absolute Gasteiger partial charge is 0.479 e. The third-order valence-electron chi connectivity index (χ3n) is 1.33. The molecule has 0 aliphatic carbocycles. The lowest BCUT2D eigenvalue weighted by Crippen LogP contribution is -2.19. The van der Waals surface area contributed by atoms with E-state index in [4.69, 9.17) is 9.84 Å². The fourth-order valence-electron chi connectivity index (χ4n) is 0.554. The van der Waals surface area contributed by atoms with Crippen LogP contribution in [-0.2, 0) is 23.9 Å². The highest BCUT2D eigenvalue weighted by atomic mass is 16.5. The van der Waals surface area contributed by atoms with Gasteiger partial charge < -0.3 is 14.6 Å². The molecule has 1 atom stereocenters. The van der Waals surface area contributed by atoms with Gasteiger partial charge in [0.15, 0.2) is 6.10 Å². The Labute approximate surface area is 94.5 Å². The third kappa shape index (κ3) is 10.6. The zero-order valence-electron chi connectivity index (χ0n) is 9.98. The molecule has 16 heavy (non-hydrogen) atoms. The van der Waals surface area contributed by atoms with Crippen LogP contribution < -0.4 is 0 Å². The predicted octanol–water partition coefficient (Wildman–Crippen LogP) is 0.634. The van der Waals surface area contributed by atoms with Crippen LogP contribution in [0.4, 0.5) is 0 Å². The maximum Gasteiger partial charge on any atom is 0.374 e. The second-order valence-corrected chi connectivity index (χ2v) is 2.71. The smallest absolute Gasteiger partial charge is 0.374 e. The molecule has 0 saturated heterocycles. The topological polar surface area (TPSA) is 89.9 Å². The highest BCUT2D eigenvalue weighted by Crippen LogP contribution is 1.87. The number of Topliss-reactive ketones (excluding diaryl/α,β-unsaturated/α-hetero) is 1. The number of ether oxygens (including phenoxy) is 2. The minimum atomic E-state index is -0.910. The molecule has 6 heteroatoms. The Bertz CT molecular complexity index is 235. The van der Waals surface area contributed by atoms with E-state index in [2.05, 4.69) is 4.74 Å². The highest BCUT2D eigenvalue weighted by molar-refractivity contribution is 6.32. The summed E-state index contributed by atoms with van der Waals surface area (Å²) in [5.74, 6) is -2.22. The molecule has 0 saturated carbocycles. The van der Waals surface area contributed by atoms with Crippen molar-refractivity contribution in [3.63, 3.8) is 0 Å². The lowest BCUT2D eigenvalue weighted by molar-refractivity contribution is -0.152. The van der Waals surface area contributed by atoms with Crippen molar-refractivity contribution in [3.8, 4) is 0 Å². The first-order valence-electron chi connectivity index (χ1n) is 4.88. The van der Waals surface area contributed by atoms with Crippen LogP contribution in [0, 0.1) is 0 Å². The van der Waals surface area contributed by atoms with Crippen LogP contribution in [0.15, 0.2) is 0 Å². The summed E-state index contributed by atoms with van der Waals surface area (Å²) in [5.41, 5.74) is 0. The summed E-state index contributed by atoms with van der Waals surface area (Å²) in [6.07, 6.45) is -0.667. The van der Waals surface area contributed by atoms with Crippen molar-refractivity contribution in [1.82, 2.24) is 0 Å². The standard InChI is InChI=1S/C5H10O3.C5H8O3/c1-3-8-4(2)5(6)7;1-3-8-5(7)4(2)6/h4H,3H2,1-2H3,(H,6,7);3H2,1-2H3. The van der Waals surface area contributed by atoms with Crippen LogP contribution in [0.3, 0.4) is 0 Å². The molecule has 0 amide bonds. The molecule has 6 nitrogen and oxygen atoms in total. The molecule has 1 unspecified atom stereocenters. The average Bonchev–Trinajstić information content (AvgIpc) is 2.19. The Morgan fingerprint density at radius 1 is 1.19 bits per heavy atom. The minimum Gasteiger partial charge on any atom is -0.479 e. The maximum atomic E-state index is 10.2. The Hall–Kier alpha value is -1.43. The lowest BCUT2D eigenvalue weighted by atomic mass is 10.4. The molecule has 0 fully saturated rings. The van der Waals surface area contributed by atoms with Gasteiger partial charge in [0.1, 0.15) is 0 Å². The molecule has 94 valence electrons. The van der Waals surface area contributed by atoms with Crippen molar-refractivity contribution in [1.29, 1.82) is 0 Å². The summed E-state index contributed by atoms with van der Waals surface area (Å²) in [5, 5.41) is 8.19. The lowest BCUT2D eigenvalue weighted by Gasteiger charge is -2.03. The van der Waals surface area contributed by atoms with Crippen LogP contribution in [0.25, 0.3) is 0 Å². The van der Waals surface area contributed by atoms with Gasteiger partial charge in [-0.15, -0.1) is 0 Å². The maximum absolute atomic E-state index is 10.2. The molecule has 0 radical (unpaired) electrons. The molecule has 0 aromatic rings. The van der Waals surface area contributed by atoms with E-state index in [0.717, 1.165) is 0 Å². The quantitative estimate of drug-likeness (QED) is 0.554. The second kappa shape index (κ2) is 10.1. The van der Waals surface area contributed by atoms with Gasteiger partial charge in [-0.1, -0.05) is 0 Å². The van der Waals surface area contributed by atoms with Gasteiger partial charge in [0.2, 0.25) is 5.78 Å². The van der Waals surface area contributed by atoms with Crippen molar-refractivity contribution in [2.45, 2.75) is 33.8 Å². The van der Waals surface area contributed by atoms with E-state index in [-0.39, 0.29) is 6.61 Å². The van der Waals surface area contributed by atoms with Crippen LogP contribution in [0.2, 0.25) is 0 Å². The van der Waals surface area contributed by atoms with Gasteiger partial charge in [-0.3, -0.25) is 4.79 Å². The number of carbonyl (C=O) groups excluding carboxylic acids is 2. The monoisotopic (exact) mass is 234 g/mol. The molecule has 0 bridgehead atoms. The number of rotatable bonds is 5. The summed E-state index contributed by atoms with van der Waals surface area (Å²) in [6, 6.07) is 0. The van der Waals surface area contributed by atoms with Gasteiger partial charge >= 0.3 is 11.9 Å². The fraction of sp³-hybridized carbons (Fsp3) is 0.700. The van der Waals surface area contributed by atoms with Crippen molar-refractivity contribution >= 4 is 17.7 Å². The Morgan fingerprint density at radius 3 is 1.81 bits per heavy atom. The van der Waals surface area contributed by atoms with Crippen LogP contribution in [-0.4, -0.2) is 42.1 Å². The molecule has 0 aromatic heterocycles. The average molecular weight is 234 g/mol. The number of aliphatic carboxylic acids is 1. The van der Waals surface area contributed by atoms with Crippen molar-refractivity contribution in [3.05, 3.63) is 0 Å². The Balaban J connectivity index is 0. The Morgan fingerprint density at radius 2 is 1.69 bits per heavy atom. The number of carboxylic acids is 1. The number of carboxylic acid groups (broad SMARTS) is 1. The number of esters is 1. The Kier molecular flexibility index (Phi) is 10.7. The molecule has 0 aromatic carbocycles. The SMILES string of the molecule is CCOC(=O)C(C)=O.CCOC(C)C(=O)O. The number of hydrogen-bond donors (Lipinski definition) is 1. The van der Waals surface area contributed by atoms with E-state index < -0.39 is 23.8 Å². The molecular formula is C10H18O6. The van der Waals surface area contributed by atoms with Crippen LogP contribution in [0.5, 0.6) is 0 Å². The van der Waals surface area contributed by atoms with E-state index in [1.807, 2.05) is 0 Å². The van der Waals surface area contributed by atoms with E-state index >= 15 is 0 Å². The minimum absolute atomic E-state index is 0.262. The molecule has 0 spiro atoms. The van der Waals surface area contributed by atoms with E-state index in [9.17, 15) is 14.4 Å². The summed E-state index contributed by atoms with van der Waals surface area (Å²) in [4.78, 5) is 30.2. The number of hydrogen-bond acceptors (Lipinski definition) is 5. The first-order chi connectivity index (χ1) is 7.36. The summed E-state index contributed by atoms with van der Waals surface area (Å²) in [6.45, 7) is 6.82. The van der Waals surface area contributed by atoms with Gasteiger partial charge in [-0.2, -0.15) is 0 Å². The molecule has 0 aliphatic heterocycles. The summed E-state index contributed by atoms with van der Waals surface area (Å²) in [7, 11) is 0. The normalized spacial score (nSPS) is 10.8. The molecular weight excluding hydrogens is 216 g/mol. The fourth-order valence-corrected chi connectivity index (χ4v) is 0.554.